The quantitative estimate of drug-likeness (QED) is 0.119. The van der Waals surface area contributed by atoms with E-state index in [4.69, 9.17) is 14.9 Å². The molecule has 0 unspecified atom stereocenters. The molecular weight excluding hydrogens is 613 g/mol. The second kappa shape index (κ2) is 13.5. The largest absolute Gasteiger partial charge is 0.493 e. The first-order valence-corrected chi connectivity index (χ1v) is 15.7. The zero-order chi connectivity index (χ0) is 33.9. The standard InChI is InChI=1S/C38H34FN3O6/c1-22(2)21-41-36(44)25-11-14-31(47-17-5-16-42-37(45)27-6-3-4-7-28(27)38(42)46)29(20-25)24-10-15-32-30(19-24)34(35(40)43)33(48-32)18-23-8-12-26(39)13-9-23/h3-4,6-15,19-20,22H,5,16-18,21H2,1-2H3,(H2,40,43)(H,41,44). The normalized spacial score (nSPS) is 12.5. The Balaban J connectivity index is 1.29. The lowest BCUT2D eigenvalue weighted by molar-refractivity contribution is 0.0646. The fourth-order valence-electron chi connectivity index (χ4n) is 5.77. The summed E-state index contributed by atoms with van der Waals surface area (Å²) in [5.41, 5.74) is 9.68. The third-order valence-corrected chi connectivity index (χ3v) is 8.17. The van der Waals surface area contributed by atoms with Gasteiger partial charge in [0.05, 0.1) is 23.3 Å². The van der Waals surface area contributed by atoms with Crippen molar-refractivity contribution in [1.82, 2.24) is 10.2 Å². The summed E-state index contributed by atoms with van der Waals surface area (Å²) in [7, 11) is 0. The van der Waals surface area contributed by atoms with E-state index in [1.165, 1.54) is 17.0 Å². The molecule has 1 aliphatic heterocycles. The molecule has 6 rings (SSSR count). The van der Waals surface area contributed by atoms with Gasteiger partial charge in [-0.05, 0) is 78.1 Å². The highest BCUT2D eigenvalue weighted by atomic mass is 19.1. The van der Waals surface area contributed by atoms with Crippen LogP contribution in [0.2, 0.25) is 0 Å². The van der Waals surface area contributed by atoms with E-state index in [0.29, 0.717) is 63.3 Å². The number of carbonyl (C=O) groups excluding carboxylic acids is 4. The smallest absolute Gasteiger partial charge is 0.261 e. The van der Waals surface area contributed by atoms with Crippen LogP contribution in [-0.2, 0) is 6.42 Å². The highest BCUT2D eigenvalue weighted by Crippen LogP contribution is 2.36. The number of nitrogens with zero attached hydrogens (tertiary/aromatic N) is 1. The molecule has 0 bridgehead atoms. The molecule has 0 saturated carbocycles. The Hall–Kier alpha value is -5.77. The predicted octanol–water partition coefficient (Wildman–Crippen LogP) is 6.38. The van der Waals surface area contributed by atoms with Gasteiger partial charge >= 0.3 is 0 Å². The lowest BCUT2D eigenvalue weighted by atomic mass is 9.98. The Bertz CT molecular complexity index is 2010. The maximum Gasteiger partial charge on any atom is 0.261 e. The van der Waals surface area contributed by atoms with Crippen LogP contribution in [0.5, 0.6) is 5.75 Å². The number of furan rings is 1. The number of hydrogen-bond donors (Lipinski definition) is 2. The first-order valence-electron chi connectivity index (χ1n) is 15.7. The van der Waals surface area contributed by atoms with Crippen molar-refractivity contribution in [3.8, 4) is 16.9 Å². The summed E-state index contributed by atoms with van der Waals surface area (Å²) in [4.78, 5) is 52.5. The van der Waals surface area contributed by atoms with Gasteiger partial charge in [0.25, 0.3) is 23.6 Å². The van der Waals surface area contributed by atoms with Gasteiger partial charge in [0.1, 0.15) is 22.9 Å². The van der Waals surface area contributed by atoms with Crippen LogP contribution >= 0.6 is 0 Å². The Morgan fingerprint density at radius 2 is 1.62 bits per heavy atom. The molecule has 10 heteroatoms. The molecule has 0 spiro atoms. The van der Waals surface area contributed by atoms with Crippen LogP contribution in [0.3, 0.4) is 0 Å². The molecule has 0 radical (unpaired) electrons. The van der Waals surface area contributed by atoms with Crippen molar-refractivity contribution in [2.45, 2.75) is 26.7 Å². The van der Waals surface area contributed by atoms with Gasteiger partial charge < -0.3 is 20.2 Å². The SMILES string of the molecule is CC(C)CNC(=O)c1ccc(OCCCN2C(=O)c3ccccc3C2=O)c(-c2ccc3oc(Cc4ccc(F)cc4)c(C(N)=O)c3c2)c1. The number of fused-ring (bicyclic) bond motifs is 2. The van der Waals surface area contributed by atoms with Gasteiger partial charge in [0, 0.05) is 36.0 Å². The molecule has 0 aliphatic carbocycles. The van der Waals surface area contributed by atoms with Crippen LogP contribution in [0.25, 0.3) is 22.1 Å². The van der Waals surface area contributed by atoms with Crippen LogP contribution in [0, 0.1) is 11.7 Å². The summed E-state index contributed by atoms with van der Waals surface area (Å²) in [6.07, 6.45) is 0.608. The molecule has 0 atom stereocenters. The number of rotatable bonds is 12. The predicted molar refractivity (Wildman–Crippen MR) is 178 cm³/mol. The van der Waals surface area contributed by atoms with Crippen molar-refractivity contribution in [1.29, 1.82) is 0 Å². The number of nitrogens with two attached hydrogens (primary N) is 1. The highest BCUT2D eigenvalue weighted by molar-refractivity contribution is 6.21. The number of imide groups is 1. The number of benzene rings is 4. The van der Waals surface area contributed by atoms with Crippen molar-refractivity contribution < 1.29 is 32.7 Å². The van der Waals surface area contributed by atoms with Crippen LogP contribution in [0.1, 0.15) is 73.0 Å². The highest BCUT2D eigenvalue weighted by Gasteiger charge is 2.34. The first kappa shape index (κ1) is 32.2. The van der Waals surface area contributed by atoms with Crippen molar-refractivity contribution in [3.05, 3.63) is 124 Å². The molecule has 0 saturated heterocycles. The van der Waals surface area contributed by atoms with Crippen molar-refractivity contribution in [2.75, 3.05) is 19.7 Å². The fourth-order valence-corrected chi connectivity index (χ4v) is 5.77. The van der Waals surface area contributed by atoms with Gasteiger partial charge in [0.15, 0.2) is 0 Å². The number of halogens is 1. The molecule has 3 N–H and O–H groups in total. The second-order valence-corrected chi connectivity index (χ2v) is 12.1. The molecule has 5 aromatic rings. The van der Waals surface area contributed by atoms with Crippen LogP contribution in [-0.4, -0.2) is 48.2 Å². The zero-order valence-electron chi connectivity index (χ0n) is 26.5. The number of ether oxygens (including phenoxy) is 1. The molecule has 9 nitrogen and oxygen atoms in total. The van der Waals surface area contributed by atoms with Gasteiger partial charge in [-0.1, -0.05) is 44.2 Å². The third-order valence-electron chi connectivity index (χ3n) is 8.17. The molecule has 48 heavy (non-hydrogen) atoms. The Morgan fingerprint density at radius 3 is 2.29 bits per heavy atom. The Kier molecular flexibility index (Phi) is 9.07. The number of hydrogen-bond acceptors (Lipinski definition) is 6. The molecule has 2 heterocycles. The van der Waals surface area contributed by atoms with Crippen LogP contribution in [0.4, 0.5) is 4.39 Å². The summed E-state index contributed by atoms with van der Waals surface area (Å²) in [5, 5.41) is 3.42. The van der Waals surface area contributed by atoms with Gasteiger partial charge in [-0.25, -0.2) is 4.39 Å². The minimum Gasteiger partial charge on any atom is -0.493 e. The maximum atomic E-state index is 13.5. The van der Waals surface area contributed by atoms with Crippen molar-refractivity contribution in [3.63, 3.8) is 0 Å². The van der Waals surface area contributed by atoms with E-state index >= 15 is 0 Å². The molecule has 1 aliphatic rings. The minimum absolute atomic E-state index is 0.178. The number of primary amides is 1. The summed E-state index contributed by atoms with van der Waals surface area (Å²) in [6, 6.07) is 23.0. The van der Waals surface area contributed by atoms with E-state index in [1.807, 2.05) is 13.8 Å². The van der Waals surface area contributed by atoms with E-state index in [-0.39, 0.29) is 54.6 Å². The summed E-state index contributed by atoms with van der Waals surface area (Å²) in [6.45, 7) is 4.87. The van der Waals surface area contributed by atoms with Crippen LogP contribution < -0.4 is 15.8 Å². The molecule has 244 valence electrons. The van der Waals surface area contributed by atoms with E-state index in [0.717, 1.165) is 5.56 Å². The lowest BCUT2D eigenvalue weighted by Crippen LogP contribution is -2.31. The minimum atomic E-state index is -0.672. The molecule has 0 fully saturated rings. The molecule has 4 aromatic carbocycles. The van der Waals surface area contributed by atoms with E-state index < -0.39 is 5.91 Å². The molecule has 4 amide bonds. The molecular formula is C38H34FN3O6. The number of amides is 4. The van der Waals surface area contributed by atoms with Gasteiger partial charge in [-0.2, -0.15) is 0 Å². The summed E-state index contributed by atoms with van der Waals surface area (Å²) >= 11 is 0. The monoisotopic (exact) mass is 647 g/mol. The fraction of sp³-hybridized carbons (Fsp3) is 0.211. The summed E-state index contributed by atoms with van der Waals surface area (Å²) < 4.78 is 25.7. The Labute approximate surface area is 276 Å². The first-order chi connectivity index (χ1) is 23.1. The summed E-state index contributed by atoms with van der Waals surface area (Å²) in [5.74, 6) is -0.861. The van der Waals surface area contributed by atoms with Gasteiger partial charge in [0.2, 0.25) is 0 Å². The third kappa shape index (κ3) is 6.55. The van der Waals surface area contributed by atoms with Gasteiger partial charge in [-0.3, -0.25) is 24.1 Å². The van der Waals surface area contributed by atoms with Gasteiger partial charge in [-0.15, -0.1) is 0 Å². The molecule has 1 aromatic heterocycles. The average molecular weight is 648 g/mol. The average Bonchev–Trinajstić information content (AvgIpc) is 3.56. The van der Waals surface area contributed by atoms with E-state index in [1.54, 1.807) is 72.8 Å². The topological polar surface area (TPSA) is 132 Å². The Morgan fingerprint density at radius 1 is 0.917 bits per heavy atom. The second-order valence-electron chi connectivity index (χ2n) is 12.1. The number of nitrogens with one attached hydrogen (secondary N) is 1. The van der Waals surface area contributed by atoms with E-state index in [2.05, 4.69) is 5.32 Å². The van der Waals surface area contributed by atoms with Crippen molar-refractivity contribution in [2.24, 2.45) is 11.7 Å². The van der Waals surface area contributed by atoms with E-state index in [9.17, 15) is 23.6 Å². The number of carbonyl (C=O) groups is 4. The lowest BCUT2D eigenvalue weighted by Gasteiger charge is -2.16. The maximum absolute atomic E-state index is 13.5. The van der Waals surface area contributed by atoms with Crippen molar-refractivity contribution >= 4 is 34.6 Å². The van der Waals surface area contributed by atoms with Crippen LogP contribution in [0.15, 0.2) is 89.3 Å². The zero-order valence-corrected chi connectivity index (χ0v) is 26.5.